The quantitative estimate of drug-likeness (QED) is 0.758. The first-order chi connectivity index (χ1) is 9.01. The minimum atomic E-state index is -0.492. The molecule has 0 amide bonds. The molecule has 0 aliphatic heterocycles. The fourth-order valence-corrected chi connectivity index (χ4v) is 2.37. The van der Waals surface area contributed by atoms with Gasteiger partial charge in [-0.3, -0.25) is 0 Å². The molecule has 0 aliphatic carbocycles. The molecular formula is C14H13BrClFN2. The molecule has 0 spiro atoms. The third kappa shape index (κ3) is 3.19. The Balaban J connectivity index is 2.39. The van der Waals surface area contributed by atoms with Crippen LogP contribution in [0.25, 0.3) is 0 Å². The number of anilines is 3. The maximum absolute atomic E-state index is 13.5. The van der Waals surface area contributed by atoms with Crippen molar-refractivity contribution in [2.75, 3.05) is 11.1 Å². The molecule has 0 atom stereocenters. The summed E-state index contributed by atoms with van der Waals surface area (Å²) in [5, 5.41) is 3.17. The lowest BCUT2D eigenvalue weighted by Crippen LogP contribution is -2.00. The first-order valence-corrected chi connectivity index (χ1v) is 6.98. The zero-order valence-electron chi connectivity index (χ0n) is 10.3. The zero-order valence-corrected chi connectivity index (χ0v) is 12.6. The van der Waals surface area contributed by atoms with Crippen LogP contribution in [0.15, 0.2) is 34.8 Å². The molecule has 0 aromatic heterocycles. The number of halogens is 3. The first-order valence-electron chi connectivity index (χ1n) is 5.81. The van der Waals surface area contributed by atoms with Crippen molar-refractivity contribution in [2.45, 2.75) is 13.3 Å². The van der Waals surface area contributed by atoms with Crippen molar-refractivity contribution in [3.63, 3.8) is 0 Å². The van der Waals surface area contributed by atoms with Crippen molar-refractivity contribution >= 4 is 44.6 Å². The van der Waals surface area contributed by atoms with E-state index in [0.29, 0.717) is 11.4 Å². The highest BCUT2D eigenvalue weighted by molar-refractivity contribution is 9.10. The van der Waals surface area contributed by atoms with Gasteiger partial charge in [-0.1, -0.05) is 34.5 Å². The van der Waals surface area contributed by atoms with Crippen LogP contribution in [0.5, 0.6) is 0 Å². The highest BCUT2D eigenvalue weighted by atomic mass is 79.9. The van der Waals surface area contributed by atoms with Crippen LogP contribution in [0.4, 0.5) is 21.5 Å². The van der Waals surface area contributed by atoms with Crippen LogP contribution >= 0.6 is 27.5 Å². The van der Waals surface area contributed by atoms with E-state index in [9.17, 15) is 4.39 Å². The molecule has 0 aliphatic rings. The lowest BCUT2D eigenvalue weighted by atomic mass is 10.1. The maximum atomic E-state index is 13.5. The monoisotopic (exact) mass is 342 g/mol. The van der Waals surface area contributed by atoms with E-state index in [1.807, 2.05) is 18.2 Å². The second kappa shape index (κ2) is 5.80. The summed E-state index contributed by atoms with van der Waals surface area (Å²) in [4.78, 5) is 0. The Morgan fingerprint density at radius 3 is 2.68 bits per heavy atom. The molecule has 100 valence electrons. The van der Waals surface area contributed by atoms with Gasteiger partial charge in [-0.05, 0) is 36.2 Å². The molecule has 0 saturated heterocycles. The minimum Gasteiger partial charge on any atom is -0.397 e. The van der Waals surface area contributed by atoms with Gasteiger partial charge < -0.3 is 11.1 Å². The number of nitrogens with one attached hydrogen (secondary N) is 1. The molecule has 0 fully saturated rings. The van der Waals surface area contributed by atoms with Crippen LogP contribution in [0.2, 0.25) is 5.02 Å². The number of aryl methyl sites for hydroxylation is 1. The molecule has 0 radical (unpaired) electrons. The summed E-state index contributed by atoms with van der Waals surface area (Å²) in [7, 11) is 0. The molecule has 2 aromatic rings. The van der Waals surface area contributed by atoms with Crippen molar-refractivity contribution in [1.82, 2.24) is 0 Å². The number of nitrogen functional groups attached to an aromatic ring is 1. The van der Waals surface area contributed by atoms with Gasteiger partial charge in [0.05, 0.1) is 16.4 Å². The van der Waals surface area contributed by atoms with Crippen LogP contribution in [0, 0.1) is 5.82 Å². The van der Waals surface area contributed by atoms with Crippen LogP contribution < -0.4 is 11.1 Å². The first kappa shape index (κ1) is 14.2. The molecule has 5 heteroatoms. The smallest absolute Gasteiger partial charge is 0.144 e. The summed E-state index contributed by atoms with van der Waals surface area (Å²) in [6.45, 7) is 2.05. The Labute approximate surface area is 124 Å². The van der Waals surface area contributed by atoms with Gasteiger partial charge in [0.2, 0.25) is 0 Å². The average molecular weight is 344 g/mol. The molecule has 19 heavy (non-hydrogen) atoms. The predicted molar refractivity (Wildman–Crippen MR) is 82.6 cm³/mol. The summed E-state index contributed by atoms with van der Waals surface area (Å²) in [5.74, 6) is -0.492. The summed E-state index contributed by atoms with van der Waals surface area (Å²) in [6, 6.07) is 8.58. The van der Waals surface area contributed by atoms with Gasteiger partial charge >= 0.3 is 0 Å². The Morgan fingerprint density at radius 2 is 2.00 bits per heavy atom. The lowest BCUT2D eigenvalue weighted by molar-refractivity contribution is 0.629. The standard InChI is InChI=1S/C14H13BrClFN2/c1-2-8-5-9(15)3-4-13(8)19-14-7-11(17)10(16)6-12(14)18/h3-7,19H,2,18H2,1H3. The Morgan fingerprint density at radius 1 is 1.26 bits per heavy atom. The van der Waals surface area contributed by atoms with E-state index in [1.165, 1.54) is 12.1 Å². The van der Waals surface area contributed by atoms with Crippen LogP contribution in [-0.4, -0.2) is 0 Å². The predicted octanol–water partition coefficient (Wildman–Crippen LogP) is 5.13. The maximum Gasteiger partial charge on any atom is 0.144 e. The van der Waals surface area contributed by atoms with Gasteiger partial charge in [0.15, 0.2) is 0 Å². The number of benzene rings is 2. The molecule has 2 nitrogen and oxygen atoms in total. The molecule has 0 unspecified atom stereocenters. The summed E-state index contributed by atoms with van der Waals surface area (Å²) >= 11 is 9.11. The highest BCUT2D eigenvalue weighted by Crippen LogP contribution is 2.31. The second-order valence-corrected chi connectivity index (χ2v) is 5.46. The third-order valence-corrected chi connectivity index (χ3v) is 3.59. The third-order valence-electron chi connectivity index (χ3n) is 2.81. The van der Waals surface area contributed by atoms with E-state index in [-0.39, 0.29) is 5.02 Å². The van der Waals surface area contributed by atoms with Crippen molar-refractivity contribution in [3.05, 3.63) is 51.2 Å². The van der Waals surface area contributed by atoms with E-state index >= 15 is 0 Å². The van der Waals surface area contributed by atoms with Crippen molar-refractivity contribution in [1.29, 1.82) is 0 Å². The van der Waals surface area contributed by atoms with Gasteiger partial charge in [-0.2, -0.15) is 0 Å². The number of hydrogen-bond acceptors (Lipinski definition) is 2. The van der Waals surface area contributed by atoms with E-state index < -0.39 is 5.82 Å². The normalized spacial score (nSPS) is 10.5. The van der Waals surface area contributed by atoms with Gasteiger partial charge in [-0.15, -0.1) is 0 Å². The fourth-order valence-electron chi connectivity index (χ4n) is 1.79. The van der Waals surface area contributed by atoms with Crippen molar-refractivity contribution in [3.8, 4) is 0 Å². The van der Waals surface area contributed by atoms with Crippen LogP contribution in [-0.2, 0) is 6.42 Å². The Hall–Kier alpha value is -1.26. The second-order valence-electron chi connectivity index (χ2n) is 4.13. The van der Waals surface area contributed by atoms with Crippen molar-refractivity contribution < 1.29 is 4.39 Å². The summed E-state index contributed by atoms with van der Waals surface area (Å²) in [6.07, 6.45) is 0.859. The van der Waals surface area contributed by atoms with E-state index in [4.69, 9.17) is 17.3 Å². The zero-order chi connectivity index (χ0) is 14.0. The molecule has 2 rings (SSSR count). The molecule has 0 heterocycles. The number of rotatable bonds is 3. The van der Waals surface area contributed by atoms with Gasteiger partial charge in [0.25, 0.3) is 0 Å². The topological polar surface area (TPSA) is 38.0 Å². The lowest BCUT2D eigenvalue weighted by Gasteiger charge is -2.14. The van der Waals surface area contributed by atoms with Gasteiger partial charge in [0, 0.05) is 16.2 Å². The largest absolute Gasteiger partial charge is 0.397 e. The molecule has 0 bridgehead atoms. The Bertz CT molecular complexity index is 617. The minimum absolute atomic E-state index is 0.0228. The molecule has 3 N–H and O–H groups in total. The highest BCUT2D eigenvalue weighted by Gasteiger charge is 2.08. The molecule has 0 saturated carbocycles. The Kier molecular flexibility index (Phi) is 4.32. The van der Waals surface area contributed by atoms with E-state index in [0.717, 1.165) is 22.1 Å². The van der Waals surface area contributed by atoms with Crippen LogP contribution in [0.1, 0.15) is 12.5 Å². The molecular weight excluding hydrogens is 331 g/mol. The summed E-state index contributed by atoms with van der Waals surface area (Å²) in [5.41, 5.74) is 8.78. The number of nitrogens with two attached hydrogens (primary N) is 1. The fraction of sp³-hybridized carbons (Fsp3) is 0.143. The number of hydrogen-bond donors (Lipinski definition) is 2. The summed E-state index contributed by atoms with van der Waals surface area (Å²) < 4.78 is 14.5. The SMILES string of the molecule is CCc1cc(Br)ccc1Nc1cc(F)c(Cl)cc1N. The van der Waals surface area contributed by atoms with E-state index in [1.54, 1.807) is 0 Å². The van der Waals surface area contributed by atoms with Gasteiger partial charge in [-0.25, -0.2) is 4.39 Å². The van der Waals surface area contributed by atoms with Crippen LogP contribution in [0.3, 0.4) is 0 Å². The van der Waals surface area contributed by atoms with Crippen molar-refractivity contribution in [2.24, 2.45) is 0 Å². The molecule has 2 aromatic carbocycles. The average Bonchev–Trinajstić information content (AvgIpc) is 2.37. The van der Waals surface area contributed by atoms with E-state index in [2.05, 4.69) is 28.2 Å². The van der Waals surface area contributed by atoms with Gasteiger partial charge in [0.1, 0.15) is 5.82 Å².